The fourth-order valence-electron chi connectivity index (χ4n) is 2.96. The Morgan fingerprint density at radius 3 is 2.56 bits per heavy atom. The van der Waals surface area contributed by atoms with E-state index in [2.05, 4.69) is 0 Å². The summed E-state index contributed by atoms with van der Waals surface area (Å²) in [5.41, 5.74) is -3.25. The number of nitrogens with zero attached hydrogens (tertiary/aromatic N) is 1. The zero-order valence-electron chi connectivity index (χ0n) is 14.4. The van der Waals surface area contributed by atoms with E-state index in [4.69, 9.17) is 0 Å². The lowest BCUT2D eigenvalue weighted by atomic mass is 9.98. The molecular formula is C18H17F3N2O3S. The number of hydrogen-bond donors (Lipinski definition) is 1. The molecule has 0 aliphatic carbocycles. The molecule has 1 aliphatic rings. The SMILES string of the molecule is Cc1ccc(CN2CCc3ccccc3C2=O)c(NS(=O)(=O)C(F)(F)F)c1. The van der Waals surface area contributed by atoms with Crippen LogP contribution in [0.5, 0.6) is 0 Å². The predicted molar refractivity (Wildman–Crippen MR) is 94.7 cm³/mol. The molecule has 0 unspecified atom stereocenters. The van der Waals surface area contributed by atoms with Crippen molar-refractivity contribution in [3.05, 3.63) is 64.7 Å². The molecule has 2 aromatic rings. The minimum atomic E-state index is -5.55. The second kappa shape index (κ2) is 6.88. The lowest BCUT2D eigenvalue weighted by molar-refractivity contribution is -0.0429. The van der Waals surface area contributed by atoms with Crippen molar-refractivity contribution in [2.75, 3.05) is 11.3 Å². The highest BCUT2D eigenvalue weighted by Crippen LogP contribution is 2.29. The number of aryl methyl sites for hydroxylation is 1. The smallest absolute Gasteiger partial charge is 0.334 e. The molecule has 1 N–H and O–H groups in total. The number of benzene rings is 2. The van der Waals surface area contributed by atoms with E-state index in [1.807, 2.05) is 12.1 Å². The van der Waals surface area contributed by atoms with Gasteiger partial charge in [-0.2, -0.15) is 21.6 Å². The monoisotopic (exact) mass is 398 g/mol. The summed E-state index contributed by atoms with van der Waals surface area (Å²) in [6.07, 6.45) is 0.622. The van der Waals surface area contributed by atoms with Crippen LogP contribution in [-0.2, 0) is 23.0 Å². The van der Waals surface area contributed by atoms with E-state index < -0.39 is 15.5 Å². The third-order valence-corrected chi connectivity index (χ3v) is 5.46. The van der Waals surface area contributed by atoms with Crippen LogP contribution in [-0.4, -0.2) is 31.3 Å². The Bertz CT molecular complexity index is 988. The highest BCUT2D eigenvalue weighted by atomic mass is 32.2. The molecule has 0 saturated carbocycles. The lowest BCUT2D eigenvalue weighted by Gasteiger charge is -2.29. The van der Waals surface area contributed by atoms with Crippen molar-refractivity contribution in [2.24, 2.45) is 0 Å². The summed E-state index contributed by atoms with van der Waals surface area (Å²) in [5, 5.41) is 0. The minimum Gasteiger partial charge on any atom is -0.334 e. The van der Waals surface area contributed by atoms with Crippen LogP contribution >= 0.6 is 0 Å². The van der Waals surface area contributed by atoms with Gasteiger partial charge in [-0.3, -0.25) is 9.52 Å². The second-order valence-electron chi connectivity index (χ2n) is 6.35. The second-order valence-corrected chi connectivity index (χ2v) is 8.02. The number of halogens is 3. The van der Waals surface area contributed by atoms with Crippen molar-refractivity contribution < 1.29 is 26.4 Å². The summed E-state index contributed by atoms with van der Waals surface area (Å²) in [7, 11) is -5.55. The first-order valence-electron chi connectivity index (χ1n) is 8.14. The summed E-state index contributed by atoms with van der Waals surface area (Å²) in [5.74, 6) is -0.234. The third kappa shape index (κ3) is 3.92. The van der Waals surface area contributed by atoms with Gasteiger partial charge in [0.15, 0.2) is 0 Å². The Hall–Kier alpha value is -2.55. The molecule has 0 bridgehead atoms. The van der Waals surface area contributed by atoms with Crippen LogP contribution in [0.3, 0.4) is 0 Å². The Labute approximate surface area is 154 Å². The molecular weight excluding hydrogens is 381 g/mol. The third-order valence-electron chi connectivity index (χ3n) is 4.36. The van der Waals surface area contributed by atoms with Gasteiger partial charge >= 0.3 is 15.5 Å². The highest BCUT2D eigenvalue weighted by Gasteiger charge is 2.46. The molecule has 0 saturated heterocycles. The number of sulfonamides is 1. The molecule has 2 aromatic carbocycles. The zero-order valence-corrected chi connectivity index (χ0v) is 15.2. The molecule has 5 nitrogen and oxygen atoms in total. The number of rotatable bonds is 4. The number of carbonyl (C=O) groups is 1. The maximum absolute atomic E-state index is 12.7. The first kappa shape index (κ1) is 19.2. The van der Waals surface area contributed by atoms with Crippen LogP contribution in [0.15, 0.2) is 42.5 Å². The van der Waals surface area contributed by atoms with Crippen molar-refractivity contribution >= 4 is 21.6 Å². The molecule has 0 atom stereocenters. The minimum absolute atomic E-state index is 0.00313. The van der Waals surface area contributed by atoms with Gasteiger partial charge in [0.05, 0.1) is 5.69 Å². The normalized spacial score (nSPS) is 14.8. The summed E-state index contributed by atoms with van der Waals surface area (Å²) >= 11 is 0. The molecule has 0 radical (unpaired) electrons. The maximum atomic E-state index is 12.7. The van der Waals surface area contributed by atoms with Crippen molar-refractivity contribution in [3.63, 3.8) is 0 Å². The van der Waals surface area contributed by atoms with Crippen LogP contribution < -0.4 is 4.72 Å². The van der Waals surface area contributed by atoms with Crippen LogP contribution in [0.4, 0.5) is 18.9 Å². The van der Waals surface area contributed by atoms with Crippen molar-refractivity contribution in [3.8, 4) is 0 Å². The Kier molecular flexibility index (Phi) is 4.90. The van der Waals surface area contributed by atoms with Gasteiger partial charge in [-0.25, -0.2) is 0 Å². The summed E-state index contributed by atoms with van der Waals surface area (Å²) in [6.45, 7) is 2.04. The number of fused-ring (bicyclic) bond motifs is 1. The van der Waals surface area contributed by atoms with E-state index in [9.17, 15) is 26.4 Å². The lowest BCUT2D eigenvalue weighted by Crippen LogP contribution is -2.37. The molecule has 3 rings (SSSR count). The fraction of sp³-hybridized carbons (Fsp3) is 0.278. The van der Waals surface area contributed by atoms with Crippen molar-refractivity contribution in [2.45, 2.75) is 25.4 Å². The van der Waals surface area contributed by atoms with Crippen LogP contribution in [0.1, 0.15) is 27.0 Å². The first-order chi connectivity index (χ1) is 12.6. The molecule has 27 heavy (non-hydrogen) atoms. The van der Waals surface area contributed by atoms with Crippen LogP contribution in [0.2, 0.25) is 0 Å². The Balaban J connectivity index is 1.89. The largest absolute Gasteiger partial charge is 0.516 e. The molecule has 0 aromatic heterocycles. The molecule has 1 amide bonds. The predicted octanol–water partition coefficient (Wildman–Crippen LogP) is 3.46. The summed E-state index contributed by atoms with van der Waals surface area (Å²) in [4.78, 5) is 14.1. The average Bonchev–Trinajstić information content (AvgIpc) is 2.58. The van der Waals surface area contributed by atoms with E-state index in [1.165, 1.54) is 17.0 Å². The van der Waals surface area contributed by atoms with Gasteiger partial charge < -0.3 is 4.90 Å². The quantitative estimate of drug-likeness (QED) is 0.858. The van der Waals surface area contributed by atoms with E-state index in [0.29, 0.717) is 29.7 Å². The van der Waals surface area contributed by atoms with Gasteiger partial charge in [-0.1, -0.05) is 30.3 Å². The number of amides is 1. The van der Waals surface area contributed by atoms with Gasteiger partial charge in [0, 0.05) is 18.7 Å². The first-order valence-corrected chi connectivity index (χ1v) is 9.62. The topological polar surface area (TPSA) is 66.5 Å². The molecule has 144 valence electrons. The fourth-order valence-corrected chi connectivity index (χ4v) is 3.55. The summed E-state index contributed by atoms with van der Waals surface area (Å²) < 4.78 is 62.7. The van der Waals surface area contributed by atoms with E-state index in [-0.39, 0.29) is 18.1 Å². The van der Waals surface area contributed by atoms with Crippen molar-refractivity contribution in [1.29, 1.82) is 0 Å². The Morgan fingerprint density at radius 2 is 1.85 bits per heavy atom. The highest BCUT2D eigenvalue weighted by molar-refractivity contribution is 7.93. The van der Waals surface area contributed by atoms with Gasteiger partial charge in [0.1, 0.15) is 0 Å². The average molecular weight is 398 g/mol. The number of anilines is 1. The van der Waals surface area contributed by atoms with E-state index in [1.54, 1.807) is 29.8 Å². The maximum Gasteiger partial charge on any atom is 0.516 e. The zero-order chi connectivity index (χ0) is 19.8. The molecule has 0 fully saturated rings. The number of alkyl halides is 3. The number of carbonyl (C=O) groups excluding carboxylic acids is 1. The molecule has 0 spiro atoms. The number of nitrogens with one attached hydrogen (secondary N) is 1. The van der Waals surface area contributed by atoms with Crippen LogP contribution in [0, 0.1) is 6.92 Å². The van der Waals surface area contributed by atoms with Crippen molar-refractivity contribution in [1.82, 2.24) is 4.90 Å². The van der Waals surface area contributed by atoms with E-state index >= 15 is 0 Å². The van der Waals surface area contributed by atoms with Gasteiger partial charge in [0.25, 0.3) is 5.91 Å². The van der Waals surface area contributed by atoms with Crippen LogP contribution in [0.25, 0.3) is 0 Å². The summed E-state index contributed by atoms with van der Waals surface area (Å²) in [6, 6.07) is 11.6. The number of hydrogen-bond acceptors (Lipinski definition) is 3. The van der Waals surface area contributed by atoms with Gasteiger partial charge in [-0.15, -0.1) is 0 Å². The molecule has 9 heteroatoms. The molecule has 1 heterocycles. The van der Waals surface area contributed by atoms with E-state index in [0.717, 1.165) is 5.56 Å². The molecule has 1 aliphatic heterocycles. The standard InChI is InChI=1S/C18H17F3N2O3S/c1-12-6-7-14(16(10-12)22-27(25,26)18(19,20)21)11-23-9-8-13-4-2-3-5-15(13)17(23)24/h2-7,10,22H,8-9,11H2,1H3. The van der Waals surface area contributed by atoms with Gasteiger partial charge in [-0.05, 0) is 42.2 Å². The van der Waals surface area contributed by atoms with Gasteiger partial charge in [0.2, 0.25) is 0 Å². The Morgan fingerprint density at radius 1 is 1.15 bits per heavy atom.